The van der Waals surface area contributed by atoms with Gasteiger partial charge in [-0.2, -0.15) is 4.98 Å². The molecule has 0 saturated carbocycles. The highest BCUT2D eigenvalue weighted by Gasteiger charge is 2.13. The molecule has 0 aliphatic rings. The van der Waals surface area contributed by atoms with Gasteiger partial charge in [-0.05, 0) is 47.5 Å². The third kappa shape index (κ3) is 6.50. The van der Waals surface area contributed by atoms with Crippen LogP contribution < -0.4 is 15.2 Å². The van der Waals surface area contributed by atoms with Gasteiger partial charge in [-0.3, -0.25) is 9.35 Å². The van der Waals surface area contributed by atoms with Crippen LogP contribution in [0.2, 0.25) is 5.02 Å². The fourth-order valence-electron chi connectivity index (χ4n) is 3.16. The van der Waals surface area contributed by atoms with E-state index in [2.05, 4.69) is 20.3 Å². The quantitative estimate of drug-likeness (QED) is 0.362. The monoisotopic (exact) mass is 497 g/mol. The Bertz CT molecular complexity index is 1450. The molecular weight excluding hydrogens is 477 g/mol. The van der Waals surface area contributed by atoms with Gasteiger partial charge in [-0.1, -0.05) is 35.9 Å². The van der Waals surface area contributed by atoms with Crippen LogP contribution in [-0.2, 0) is 16.3 Å². The van der Waals surface area contributed by atoms with Crippen molar-refractivity contribution < 1.29 is 13.3 Å². The standard InChI is InChI=1S/C24H21ClFN5O2S/c1-34(27,32)14-17-5-3-7-20(11-17)30-24-29-15-28-23(31-24)21-9-8-19(26)12-22(21)33-13-16-4-2-6-18(25)10-16/h2-12,14-15H,13H2,1H3,(H2,27,32)(H,28,29,30,31). The molecule has 4 aromatic rings. The Labute approximate surface area is 202 Å². The van der Waals surface area contributed by atoms with Crippen molar-refractivity contribution in [3.63, 3.8) is 0 Å². The lowest BCUT2D eigenvalue weighted by atomic mass is 10.1. The number of nitrogens with one attached hydrogen (secondary N) is 1. The number of nitrogens with two attached hydrogens (primary N) is 1. The summed E-state index contributed by atoms with van der Waals surface area (Å²) in [6.45, 7) is 0.193. The molecule has 0 radical (unpaired) electrons. The third-order valence-corrected chi connectivity index (χ3v) is 5.53. The molecule has 1 atom stereocenters. The normalized spacial score (nSPS) is 12.6. The molecule has 1 aromatic heterocycles. The molecule has 1 unspecified atom stereocenters. The van der Waals surface area contributed by atoms with E-state index in [1.54, 1.807) is 36.4 Å². The van der Waals surface area contributed by atoms with E-state index >= 15 is 0 Å². The molecule has 0 fully saturated rings. The van der Waals surface area contributed by atoms with Gasteiger partial charge in [0.15, 0.2) is 5.82 Å². The van der Waals surface area contributed by atoms with Crippen molar-refractivity contribution in [1.29, 1.82) is 0 Å². The molecule has 34 heavy (non-hydrogen) atoms. The minimum Gasteiger partial charge on any atom is -0.488 e. The molecule has 174 valence electrons. The first-order chi connectivity index (χ1) is 16.2. The van der Waals surface area contributed by atoms with E-state index in [1.807, 2.05) is 18.2 Å². The maximum Gasteiger partial charge on any atom is 0.230 e. The van der Waals surface area contributed by atoms with Gasteiger partial charge >= 0.3 is 0 Å². The second-order valence-corrected chi connectivity index (χ2v) is 10.1. The van der Waals surface area contributed by atoms with Crippen LogP contribution in [0.25, 0.3) is 11.4 Å². The average molecular weight is 498 g/mol. The summed E-state index contributed by atoms with van der Waals surface area (Å²) < 4.78 is 31.7. The molecular formula is C24H21ClFN5O2S. The molecule has 0 aliphatic carbocycles. The fraction of sp³-hybridized carbons (Fsp3) is 0.0833. The largest absolute Gasteiger partial charge is 0.488 e. The molecule has 0 aliphatic heterocycles. The lowest BCUT2D eigenvalue weighted by molar-refractivity contribution is 0.306. The van der Waals surface area contributed by atoms with Crippen LogP contribution in [0, 0.1) is 5.82 Å². The number of rotatable bonds is 7. The van der Waals surface area contributed by atoms with Gasteiger partial charge in [0.05, 0.1) is 5.56 Å². The highest BCUT2D eigenvalue weighted by Crippen LogP contribution is 2.30. The molecule has 0 bridgehead atoms. The zero-order valence-corrected chi connectivity index (χ0v) is 19.7. The van der Waals surface area contributed by atoms with Gasteiger partial charge in [0.2, 0.25) is 5.95 Å². The highest BCUT2D eigenvalue weighted by atomic mass is 35.5. The Morgan fingerprint density at radius 3 is 2.74 bits per heavy atom. The second kappa shape index (κ2) is 10.2. The van der Waals surface area contributed by atoms with Crippen LogP contribution in [0.1, 0.15) is 11.1 Å². The van der Waals surface area contributed by atoms with Crippen LogP contribution in [0.15, 0.2) is 73.1 Å². The van der Waals surface area contributed by atoms with Gasteiger partial charge < -0.3 is 10.1 Å². The number of aromatic nitrogens is 3. The van der Waals surface area contributed by atoms with Crippen molar-refractivity contribution in [2.24, 2.45) is 5.14 Å². The minimum atomic E-state index is -2.54. The number of hydrogen-bond acceptors (Lipinski definition) is 6. The van der Waals surface area contributed by atoms with Gasteiger partial charge in [0.25, 0.3) is 0 Å². The van der Waals surface area contributed by atoms with E-state index in [-0.39, 0.29) is 18.3 Å². The molecule has 0 saturated heterocycles. The first-order valence-electron chi connectivity index (χ1n) is 10.1. The molecule has 0 amide bonds. The first kappa shape index (κ1) is 23.6. The summed E-state index contributed by atoms with van der Waals surface area (Å²) in [7, 11) is -2.54. The molecule has 1 heterocycles. The zero-order chi connectivity index (χ0) is 24.1. The summed E-state index contributed by atoms with van der Waals surface area (Å²) in [6, 6.07) is 18.5. The molecule has 3 N–H and O–H groups in total. The molecule has 7 nitrogen and oxygen atoms in total. The van der Waals surface area contributed by atoms with Crippen molar-refractivity contribution in [2.45, 2.75) is 6.61 Å². The zero-order valence-electron chi connectivity index (χ0n) is 18.1. The number of hydrogen-bond donors (Lipinski definition) is 2. The van der Waals surface area contributed by atoms with Crippen LogP contribution in [0.3, 0.4) is 0 Å². The van der Waals surface area contributed by atoms with Crippen LogP contribution in [0.4, 0.5) is 16.0 Å². The summed E-state index contributed by atoms with van der Waals surface area (Å²) in [6.07, 6.45) is 2.81. The highest BCUT2D eigenvalue weighted by molar-refractivity contribution is 7.98. The molecule has 4 rings (SSSR count). The lowest BCUT2D eigenvalue weighted by Gasteiger charge is -2.12. The Morgan fingerprint density at radius 2 is 1.94 bits per heavy atom. The van der Waals surface area contributed by atoms with Crippen LogP contribution in [0.5, 0.6) is 5.75 Å². The van der Waals surface area contributed by atoms with E-state index in [0.717, 1.165) is 5.56 Å². The van der Waals surface area contributed by atoms with E-state index in [9.17, 15) is 8.60 Å². The summed E-state index contributed by atoms with van der Waals surface area (Å²) in [5.41, 5.74) is 2.71. The van der Waals surface area contributed by atoms with Crippen molar-refractivity contribution >= 4 is 38.3 Å². The van der Waals surface area contributed by atoms with Crippen molar-refractivity contribution in [3.05, 3.63) is 95.0 Å². The Hall–Kier alpha value is -3.53. The maximum atomic E-state index is 14.0. The number of ether oxygens (including phenoxy) is 1. The van der Waals surface area contributed by atoms with E-state index in [1.165, 1.54) is 30.1 Å². The van der Waals surface area contributed by atoms with Gasteiger partial charge in [0, 0.05) is 38.1 Å². The number of nitrogens with zero attached hydrogens (tertiary/aromatic N) is 3. The van der Waals surface area contributed by atoms with Gasteiger partial charge in [-0.25, -0.2) is 14.4 Å². The summed E-state index contributed by atoms with van der Waals surface area (Å²) >= 11 is 6.03. The topological polar surface area (TPSA) is 103 Å². The van der Waals surface area contributed by atoms with Gasteiger partial charge in [-0.15, -0.1) is 0 Å². The Morgan fingerprint density at radius 1 is 1.12 bits per heavy atom. The summed E-state index contributed by atoms with van der Waals surface area (Å²) in [4.78, 5) is 12.8. The first-order valence-corrected chi connectivity index (χ1v) is 12.6. The number of benzene rings is 3. The predicted octanol–water partition coefficient (Wildman–Crippen LogP) is 4.59. The lowest BCUT2D eigenvalue weighted by Crippen LogP contribution is -2.13. The maximum absolute atomic E-state index is 14.0. The number of anilines is 2. The molecule has 10 heteroatoms. The minimum absolute atomic E-state index is 0.193. The summed E-state index contributed by atoms with van der Waals surface area (Å²) in [5.74, 6) is 0.421. The number of halogens is 2. The molecule has 0 spiro atoms. The van der Waals surface area contributed by atoms with E-state index < -0.39 is 15.5 Å². The second-order valence-electron chi connectivity index (χ2n) is 7.53. The predicted molar refractivity (Wildman–Crippen MR) is 134 cm³/mol. The SMILES string of the molecule is CS(N)(=O)=Cc1cccc(Nc2ncnc(-c3ccc(F)cc3OCc3cccc(Cl)c3)n2)c1. The fourth-order valence-corrected chi connectivity index (χ4v) is 4.06. The van der Waals surface area contributed by atoms with Crippen LogP contribution in [-0.4, -0.2) is 30.8 Å². The third-order valence-electron chi connectivity index (χ3n) is 4.55. The van der Waals surface area contributed by atoms with E-state index in [0.29, 0.717) is 27.7 Å². The average Bonchev–Trinajstić information content (AvgIpc) is 2.77. The molecule has 3 aromatic carbocycles. The van der Waals surface area contributed by atoms with Gasteiger partial charge in [0.1, 0.15) is 24.5 Å². The van der Waals surface area contributed by atoms with E-state index in [4.69, 9.17) is 21.5 Å². The Kier molecular flexibility index (Phi) is 7.06. The van der Waals surface area contributed by atoms with Crippen molar-refractivity contribution in [2.75, 3.05) is 11.6 Å². The van der Waals surface area contributed by atoms with Crippen molar-refractivity contribution in [3.8, 4) is 17.1 Å². The summed E-state index contributed by atoms with van der Waals surface area (Å²) in [5, 5.41) is 10.8. The van der Waals surface area contributed by atoms with Crippen molar-refractivity contribution in [1.82, 2.24) is 15.0 Å². The Balaban J connectivity index is 1.59. The van der Waals surface area contributed by atoms with Crippen LogP contribution >= 0.6 is 11.6 Å². The smallest absolute Gasteiger partial charge is 0.230 e.